The predicted octanol–water partition coefficient (Wildman–Crippen LogP) is 4.31. The van der Waals surface area contributed by atoms with Gasteiger partial charge in [0.15, 0.2) is 0 Å². The lowest BCUT2D eigenvalue weighted by Gasteiger charge is -2.24. The molecule has 3 atom stereocenters. The van der Waals surface area contributed by atoms with Crippen molar-refractivity contribution in [3.8, 4) is 11.3 Å². The number of anilines is 1. The predicted molar refractivity (Wildman–Crippen MR) is 111 cm³/mol. The summed E-state index contributed by atoms with van der Waals surface area (Å²) in [6, 6.07) is 4.54. The van der Waals surface area contributed by atoms with Crippen molar-refractivity contribution in [1.82, 2.24) is 20.3 Å². The average Bonchev–Trinajstić information content (AvgIpc) is 3.27. The van der Waals surface area contributed by atoms with Gasteiger partial charge < -0.3 is 14.7 Å². The molecule has 6 nitrogen and oxygen atoms in total. The van der Waals surface area contributed by atoms with Crippen LogP contribution in [0.1, 0.15) is 51.5 Å². The van der Waals surface area contributed by atoms with Crippen molar-refractivity contribution in [3.05, 3.63) is 23.6 Å². The van der Waals surface area contributed by atoms with Gasteiger partial charge in [-0.1, -0.05) is 25.9 Å². The van der Waals surface area contributed by atoms with Crippen LogP contribution in [0.4, 0.5) is 5.82 Å². The third-order valence-corrected chi connectivity index (χ3v) is 6.31. The summed E-state index contributed by atoms with van der Waals surface area (Å²) in [5.41, 5.74) is 3.05. The van der Waals surface area contributed by atoms with Crippen molar-refractivity contribution < 1.29 is 4.52 Å². The molecule has 0 aromatic carbocycles. The maximum absolute atomic E-state index is 5.24. The quantitative estimate of drug-likeness (QED) is 0.830. The van der Waals surface area contributed by atoms with E-state index < -0.39 is 0 Å². The normalized spacial score (nSPS) is 25.2. The molecule has 2 aliphatic rings. The van der Waals surface area contributed by atoms with E-state index in [-0.39, 0.29) is 0 Å². The number of rotatable bonds is 5. The van der Waals surface area contributed by atoms with Crippen molar-refractivity contribution in [2.45, 2.75) is 59.9 Å². The van der Waals surface area contributed by atoms with Gasteiger partial charge in [-0.25, -0.2) is 0 Å². The molecular formula is C22H33N5O. The van der Waals surface area contributed by atoms with Gasteiger partial charge >= 0.3 is 0 Å². The molecule has 2 aromatic heterocycles. The van der Waals surface area contributed by atoms with Crippen molar-refractivity contribution in [2.24, 2.45) is 17.3 Å². The fourth-order valence-corrected chi connectivity index (χ4v) is 4.79. The van der Waals surface area contributed by atoms with Crippen LogP contribution < -0.4 is 5.32 Å². The summed E-state index contributed by atoms with van der Waals surface area (Å²) in [4.78, 5) is 2.68. The fourth-order valence-electron chi connectivity index (χ4n) is 4.79. The Hall–Kier alpha value is -1.95. The summed E-state index contributed by atoms with van der Waals surface area (Å²) >= 11 is 0. The Kier molecular flexibility index (Phi) is 5.17. The summed E-state index contributed by atoms with van der Waals surface area (Å²) < 4.78 is 5.24. The summed E-state index contributed by atoms with van der Waals surface area (Å²) in [6.07, 6.45) is 3.76. The molecule has 0 amide bonds. The van der Waals surface area contributed by atoms with E-state index in [2.05, 4.69) is 46.3 Å². The first kappa shape index (κ1) is 19.4. The number of aromatic nitrogens is 3. The molecule has 28 heavy (non-hydrogen) atoms. The van der Waals surface area contributed by atoms with Crippen LogP contribution in [0.2, 0.25) is 0 Å². The Morgan fingerprint density at radius 3 is 2.36 bits per heavy atom. The monoisotopic (exact) mass is 383 g/mol. The van der Waals surface area contributed by atoms with E-state index in [4.69, 9.17) is 4.52 Å². The maximum atomic E-state index is 5.24. The van der Waals surface area contributed by atoms with Gasteiger partial charge in [0.1, 0.15) is 11.6 Å². The summed E-state index contributed by atoms with van der Waals surface area (Å²) in [7, 11) is 0. The van der Waals surface area contributed by atoms with E-state index in [1.807, 2.05) is 26.0 Å². The SMILES string of the molecule is Cc1noc(C)c1-c1ccc(NC2C[C@@H]3CN(CCC(C)(C)C)C[C@@H]3C2)nn1. The van der Waals surface area contributed by atoms with Crippen LogP contribution >= 0.6 is 0 Å². The Morgan fingerprint density at radius 2 is 1.82 bits per heavy atom. The van der Waals surface area contributed by atoms with Crippen molar-refractivity contribution >= 4 is 5.82 Å². The minimum absolute atomic E-state index is 0.427. The van der Waals surface area contributed by atoms with Crippen LogP contribution in [0, 0.1) is 31.1 Å². The van der Waals surface area contributed by atoms with E-state index in [0.29, 0.717) is 11.5 Å². The van der Waals surface area contributed by atoms with E-state index in [0.717, 1.165) is 40.4 Å². The molecule has 1 N–H and O–H groups in total. The van der Waals surface area contributed by atoms with Gasteiger partial charge in [-0.15, -0.1) is 10.2 Å². The highest BCUT2D eigenvalue weighted by atomic mass is 16.5. The number of nitrogens with one attached hydrogen (secondary N) is 1. The minimum atomic E-state index is 0.427. The average molecular weight is 384 g/mol. The van der Waals surface area contributed by atoms with E-state index in [1.54, 1.807) is 0 Å². The van der Waals surface area contributed by atoms with Gasteiger partial charge in [0.25, 0.3) is 0 Å². The van der Waals surface area contributed by atoms with Gasteiger partial charge in [-0.05, 0) is 69.0 Å². The Balaban J connectivity index is 1.30. The lowest BCUT2D eigenvalue weighted by Crippen LogP contribution is -2.28. The second-order valence-electron chi connectivity index (χ2n) is 9.91. The van der Waals surface area contributed by atoms with Crippen molar-refractivity contribution in [1.29, 1.82) is 0 Å². The summed E-state index contributed by atoms with van der Waals surface area (Å²) in [5, 5.41) is 16.4. The van der Waals surface area contributed by atoms with Crippen LogP contribution in [-0.4, -0.2) is 45.9 Å². The molecule has 4 rings (SSSR count). The topological polar surface area (TPSA) is 67.1 Å². The molecule has 1 aliphatic carbocycles. The zero-order valence-electron chi connectivity index (χ0n) is 17.8. The zero-order chi connectivity index (χ0) is 19.9. The molecule has 1 saturated heterocycles. The first-order valence-electron chi connectivity index (χ1n) is 10.5. The molecule has 6 heteroatoms. The standard InChI is InChI=1S/C22H33N5O/c1-14-21(15(2)28-26-14)19-6-7-20(25-24-19)23-18-10-16-12-27(13-17(16)11-18)9-8-22(3,4)5/h6-7,16-18H,8-13H2,1-5H3,(H,23,25)/t16-,17+,18?. The highest BCUT2D eigenvalue weighted by molar-refractivity contribution is 5.63. The van der Waals surface area contributed by atoms with Gasteiger partial charge in [0, 0.05) is 19.1 Å². The molecule has 3 heterocycles. The summed E-state index contributed by atoms with van der Waals surface area (Å²) in [5.74, 6) is 3.30. The highest BCUT2D eigenvalue weighted by Gasteiger charge is 2.40. The largest absolute Gasteiger partial charge is 0.366 e. The fraction of sp³-hybridized carbons (Fsp3) is 0.682. The first-order chi connectivity index (χ1) is 13.3. The zero-order valence-corrected chi connectivity index (χ0v) is 17.8. The van der Waals surface area contributed by atoms with Gasteiger partial charge in [-0.2, -0.15) is 0 Å². The minimum Gasteiger partial charge on any atom is -0.366 e. The highest BCUT2D eigenvalue weighted by Crippen LogP contribution is 2.39. The van der Waals surface area contributed by atoms with E-state index in [1.165, 1.54) is 38.9 Å². The second-order valence-corrected chi connectivity index (χ2v) is 9.91. The van der Waals surface area contributed by atoms with Crippen molar-refractivity contribution in [2.75, 3.05) is 25.0 Å². The third-order valence-electron chi connectivity index (χ3n) is 6.31. The smallest absolute Gasteiger partial charge is 0.148 e. The lowest BCUT2D eigenvalue weighted by atomic mass is 9.92. The molecule has 0 radical (unpaired) electrons. The van der Waals surface area contributed by atoms with Crippen LogP contribution in [0.25, 0.3) is 11.3 Å². The number of likely N-dealkylation sites (tertiary alicyclic amines) is 1. The van der Waals surface area contributed by atoms with Crippen LogP contribution in [0.15, 0.2) is 16.7 Å². The first-order valence-corrected chi connectivity index (χ1v) is 10.5. The molecular weight excluding hydrogens is 350 g/mol. The number of fused-ring (bicyclic) bond motifs is 1. The molecule has 2 fully saturated rings. The maximum Gasteiger partial charge on any atom is 0.148 e. The van der Waals surface area contributed by atoms with Crippen molar-refractivity contribution in [3.63, 3.8) is 0 Å². The van der Waals surface area contributed by atoms with Crippen LogP contribution in [-0.2, 0) is 0 Å². The molecule has 1 unspecified atom stereocenters. The molecule has 2 aromatic rings. The molecule has 152 valence electrons. The van der Waals surface area contributed by atoms with Crippen LogP contribution in [0.5, 0.6) is 0 Å². The number of hydrogen-bond acceptors (Lipinski definition) is 6. The third kappa shape index (κ3) is 4.22. The molecule has 1 aliphatic heterocycles. The van der Waals surface area contributed by atoms with Gasteiger partial charge in [-0.3, -0.25) is 0 Å². The second kappa shape index (κ2) is 7.47. The molecule has 1 saturated carbocycles. The Bertz CT molecular complexity index is 774. The number of nitrogens with zero attached hydrogens (tertiary/aromatic N) is 4. The number of hydrogen-bond donors (Lipinski definition) is 1. The molecule has 0 bridgehead atoms. The van der Waals surface area contributed by atoms with E-state index >= 15 is 0 Å². The van der Waals surface area contributed by atoms with Crippen LogP contribution in [0.3, 0.4) is 0 Å². The van der Waals surface area contributed by atoms with Gasteiger partial charge in [0.2, 0.25) is 0 Å². The molecule has 0 spiro atoms. The van der Waals surface area contributed by atoms with Gasteiger partial charge in [0.05, 0.1) is 17.0 Å². The van der Waals surface area contributed by atoms with E-state index in [9.17, 15) is 0 Å². The summed E-state index contributed by atoms with van der Waals surface area (Å²) in [6.45, 7) is 14.6. The number of aryl methyl sites for hydroxylation is 2. The Morgan fingerprint density at radius 1 is 1.11 bits per heavy atom. The Labute approximate surface area is 168 Å². The lowest BCUT2D eigenvalue weighted by molar-refractivity contribution is 0.250.